The van der Waals surface area contributed by atoms with Crippen LogP contribution in [0.1, 0.15) is 60.8 Å². The molecule has 3 heteroatoms. The lowest BCUT2D eigenvalue weighted by Crippen LogP contribution is -2.53. The third kappa shape index (κ3) is 2.97. The Bertz CT molecular complexity index is 266. The van der Waals surface area contributed by atoms with Crippen LogP contribution in [0.25, 0.3) is 0 Å². The van der Waals surface area contributed by atoms with E-state index in [1.54, 1.807) is 0 Å². The second-order valence-electron chi connectivity index (χ2n) is 6.51. The Kier molecular flexibility index (Phi) is 3.68. The Labute approximate surface area is 99.1 Å². The van der Waals surface area contributed by atoms with Crippen molar-refractivity contribution in [2.75, 3.05) is 0 Å². The topological polar surface area (TPSA) is 29.5 Å². The number of piperidine rings is 1. The summed E-state index contributed by atoms with van der Waals surface area (Å²) in [6, 6.07) is 0.315. The van der Waals surface area contributed by atoms with Crippen LogP contribution in [0.4, 0.5) is 0 Å². The molecule has 16 heavy (non-hydrogen) atoms. The predicted octanol–water partition coefficient (Wildman–Crippen LogP) is 3.14. The molecule has 94 valence electrons. The fourth-order valence-corrected chi connectivity index (χ4v) is 2.09. The lowest BCUT2D eigenvalue weighted by atomic mass is 9.89. The van der Waals surface area contributed by atoms with Crippen molar-refractivity contribution in [1.82, 2.24) is 5.06 Å². The second kappa shape index (κ2) is 4.36. The van der Waals surface area contributed by atoms with Gasteiger partial charge in [0, 0.05) is 6.04 Å². The highest BCUT2D eigenvalue weighted by molar-refractivity contribution is 5.75. The zero-order valence-corrected chi connectivity index (χ0v) is 11.5. The standard InChI is InChI=1S/C13H25NO2/c1-10-8-7-9-13(5,6)14(10)16-11(15)12(2,3)4/h10H,7-9H2,1-6H3. The molecule has 1 saturated heterocycles. The molecule has 3 nitrogen and oxygen atoms in total. The van der Waals surface area contributed by atoms with E-state index in [-0.39, 0.29) is 11.5 Å². The number of carbonyl (C=O) groups is 1. The first-order chi connectivity index (χ1) is 7.14. The Morgan fingerprint density at radius 2 is 1.94 bits per heavy atom. The van der Waals surface area contributed by atoms with Gasteiger partial charge in [0.15, 0.2) is 0 Å². The second-order valence-corrected chi connectivity index (χ2v) is 6.51. The Balaban J connectivity index is 2.74. The highest BCUT2D eigenvalue weighted by atomic mass is 16.7. The average Bonchev–Trinajstić information content (AvgIpc) is 2.09. The molecular weight excluding hydrogens is 202 g/mol. The van der Waals surface area contributed by atoms with Crippen LogP contribution in [0, 0.1) is 5.41 Å². The molecule has 0 spiro atoms. The molecule has 1 atom stereocenters. The summed E-state index contributed by atoms with van der Waals surface area (Å²) >= 11 is 0. The minimum atomic E-state index is -0.437. The van der Waals surface area contributed by atoms with Crippen LogP contribution in [0.5, 0.6) is 0 Å². The van der Waals surface area contributed by atoms with Gasteiger partial charge in [0.05, 0.1) is 11.0 Å². The Morgan fingerprint density at radius 1 is 1.38 bits per heavy atom. The number of nitrogens with zero attached hydrogens (tertiary/aromatic N) is 1. The minimum Gasteiger partial charge on any atom is -0.367 e. The molecule has 0 aromatic rings. The molecule has 1 aliphatic heterocycles. The molecule has 1 aliphatic rings. The highest BCUT2D eigenvalue weighted by Gasteiger charge is 2.39. The van der Waals surface area contributed by atoms with Crippen LogP contribution in [-0.2, 0) is 9.63 Å². The van der Waals surface area contributed by atoms with Crippen LogP contribution in [0.2, 0.25) is 0 Å². The molecule has 1 rings (SSSR count). The summed E-state index contributed by atoms with van der Waals surface area (Å²) in [6.07, 6.45) is 3.38. The van der Waals surface area contributed by atoms with Gasteiger partial charge in [-0.1, -0.05) is 0 Å². The number of hydrogen-bond donors (Lipinski definition) is 0. The summed E-state index contributed by atoms with van der Waals surface area (Å²) in [5.74, 6) is -0.144. The van der Waals surface area contributed by atoms with Crippen molar-refractivity contribution in [3.05, 3.63) is 0 Å². The summed E-state index contributed by atoms with van der Waals surface area (Å²) in [6.45, 7) is 12.1. The van der Waals surface area contributed by atoms with E-state index in [9.17, 15) is 4.79 Å². The zero-order valence-electron chi connectivity index (χ0n) is 11.5. The van der Waals surface area contributed by atoms with Crippen molar-refractivity contribution in [1.29, 1.82) is 0 Å². The smallest absolute Gasteiger partial charge is 0.330 e. The fourth-order valence-electron chi connectivity index (χ4n) is 2.09. The minimum absolute atomic E-state index is 0.0431. The first-order valence-corrected chi connectivity index (χ1v) is 6.16. The lowest BCUT2D eigenvalue weighted by molar-refractivity contribution is -0.248. The van der Waals surface area contributed by atoms with Gasteiger partial charge in [0.1, 0.15) is 0 Å². The van der Waals surface area contributed by atoms with Crippen molar-refractivity contribution >= 4 is 5.97 Å². The lowest BCUT2D eigenvalue weighted by Gasteiger charge is -2.45. The van der Waals surface area contributed by atoms with Crippen LogP contribution >= 0.6 is 0 Å². The quantitative estimate of drug-likeness (QED) is 0.689. The normalized spacial score (nSPS) is 26.5. The Morgan fingerprint density at radius 3 is 2.38 bits per heavy atom. The van der Waals surface area contributed by atoms with Gasteiger partial charge < -0.3 is 4.84 Å². The monoisotopic (exact) mass is 227 g/mol. The summed E-state index contributed by atoms with van der Waals surface area (Å²) in [7, 11) is 0. The van der Waals surface area contributed by atoms with Gasteiger partial charge in [-0.2, -0.15) is 0 Å². The van der Waals surface area contributed by atoms with Gasteiger partial charge in [0.2, 0.25) is 0 Å². The van der Waals surface area contributed by atoms with Gasteiger partial charge in [-0.25, -0.2) is 4.79 Å². The van der Waals surface area contributed by atoms with E-state index in [2.05, 4.69) is 20.8 Å². The fraction of sp³-hybridized carbons (Fsp3) is 0.923. The molecule has 1 unspecified atom stereocenters. The summed E-state index contributed by atoms with van der Waals surface area (Å²) in [4.78, 5) is 17.5. The third-order valence-corrected chi connectivity index (χ3v) is 3.20. The number of hydrogen-bond acceptors (Lipinski definition) is 3. The van der Waals surface area contributed by atoms with Crippen molar-refractivity contribution in [2.45, 2.75) is 72.4 Å². The summed E-state index contributed by atoms with van der Waals surface area (Å²) in [5.41, 5.74) is -0.480. The molecule has 0 aromatic heterocycles. The molecule has 1 fully saturated rings. The number of hydroxylamine groups is 2. The molecule has 0 N–H and O–H groups in total. The van der Waals surface area contributed by atoms with Crippen LogP contribution in [0.15, 0.2) is 0 Å². The van der Waals surface area contributed by atoms with Crippen molar-refractivity contribution in [3.63, 3.8) is 0 Å². The molecule has 0 saturated carbocycles. The average molecular weight is 227 g/mol. The predicted molar refractivity (Wildman–Crippen MR) is 64.8 cm³/mol. The SMILES string of the molecule is CC1CCCC(C)(C)N1OC(=O)C(C)(C)C. The van der Waals surface area contributed by atoms with Crippen molar-refractivity contribution in [2.24, 2.45) is 5.41 Å². The van der Waals surface area contributed by atoms with E-state index in [4.69, 9.17) is 4.84 Å². The summed E-state index contributed by atoms with van der Waals surface area (Å²) in [5, 5.41) is 1.89. The van der Waals surface area contributed by atoms with Gasteiger partial charge in [-0.3, -0.25) is 0 Å². The summed E-state index contributed by atoms with van der Waals surface area (Å²) < 4.78 is 0. The maximum absolute atomic E-state index is 11.9. The van der Waals surface area contributed by atoms with E-state index >= 15 is 0 Å². The highest BCUT2D eigenvalue weighted by Crippen LogP contribution is 2.32. The molecule has 0 aromatic carbocycles. The first kappa shape index (κ1) is 13.5. The van der Waals surface area contributed by atoms with Crippen molar-refractivity contribution in [3.8, 4) is 0 Å². The first-order valence-electron chi connectivity index (χ1n) is 6.16. The van der Waals surface area contributed by atoms with Crippen molar-refractivity contribution < 1.29 is 9.63 Å². The number of rotatable bonds is 1. The Hall–Kier alpha value is -0.570. The van der Waals surface area contributed by atoms with Gasteiger partial charge in [-0.15, -0.1) is 5.06 Å². The van der Waals surface area contributed by atoms with Crippen LogP contribution in [-0.4, -0.2) is 22.6 Å². The molecule has 0 aliphatic carbocycles. The zero-order chi connectivity index (χ0) is 12.6. The van der Waals surface area contributed by atoms with Crippen LogP contribution < -0.4 is 0 Å². The van der Waals surface area contributed by atoms with E-state index < -0.39 is 5.41 Å². The van der Waals surface area contributed by atoms with Gasteiger partial charge >= 0.3 is 5.97 Å². The largest absolute Gasteiger partial charge is 0.367 e. The number of carbonyl (C=O) groups excluding carboxylic acids is 1. The van der Waals surface area contributed by atoms with E-state index in [1.165, 1.54) is 6.42 Å². The third-order valence-electron chi connectivity index (χ3n) is 3.20. The van der Waals surface area contributed by atoms with Gasteiger partial charge in [-0.05, 0) is 60.8 Å². The molecule has 0 bridgehead atoms. The van der Waals surface area contributed by atoms with Gasteiger partial charge in [0.25, 0.3) is 0 Å². The maximum Gasteiger partial charge on any atom is 0.330 e. The molecule has 1 heterocycles. The molecule has 0 amide bonds. The van der Waals surface area contributed by atoms with E-state index in [0.29, 0.717) is 6.04 Å². The molecule has 0 radical (unpaired) electrons. The van der Waals surface area contributed by atoms with E-state index in [0.717, 1.165) is 12.8 Å². The molecular formula is C13H25NO2. The van der Waals surface area contributed by atoms with E-state index in [1.807, 2.05) is 25.8 Å². The van der Waals surface area contributed by atoms with Crippen LogP contribution in [0.3, 0.4) is 0 Å². The maximum atomic E-state index is 11.9.